The van der Waals surface area contributed by atoms with Crippen molar-refractivity contribution >= 4 is 11.8 Å². The number of rotatable bonds is 4. The lowest BCUT2D eigenvalue weighted by atomic mass is 9.75. The summed E-state index contributed by atoms with van der Waals surface area (Å²) >= 11 is 0. The molecule has 0 saturated heterocycles. The van der Waals surface area contributed by atoms with Gasteiger partial charge in [0.1, 0.15) is 17.4 Å². The number of pyridine rings is 1. The van der Waals surface area contributed by atoms with Crippen LogP contribution in [0.15, 0.2) is 18.3 Å². The van der Waals surface area contributed by atoms with E-state index in [2.05, 4.69) is 17.2 Å². The zero-order chi connectivity index (χ0) is 14.6. The van der Waals surface area contributed by atoms with Gasteiger partial charge in [-0.25, -0.2) is 9.78 Å². The van der Waals surface area contributed by atoms with E-state index >= 15 is 0 Å². The number of carboxylic acid groups (broad SMARTS) is 1. The van der Waals surface area contributed by atoms with Gasteiger partial charge in [-0.1, -0.05) is 13.3 Å². The van der Waals surface area contributed by atoms with Crippen molar-refractivity contribution in [2.24, 2.45) is 5.92 Å². The van der Waals surface area contributed by atoms with Gasteiger partial charge in [0.2, 0.25) is 0 Å². The molecule has 0 radical (unpaired) electrons. The molecule has 1 aliphatic rings. The maximum absolute atomic E-state index is 11.7. The smallest absolute Gasteiger partial charge is 0.329 e. The molecular formula is C15H19N3O2. The van der Waals surface area contributed by atoms with Crippen LogP contribution in [-0.4, -0.2) is 21.6 Å². The van der Waals surface area contributed by atoms with Gasteiger partial charge < -0.3 is 10.4 Å². The van der Waals surface area contributed by atoms with E-state index in [-0.39, 0.29) is 0 Å². The van der Waals surface area contributed by atoms with Crippen LogP contribution in [0.3, 0.4) is 0 Å². The quantitative estimate of drug-likeness (QED) is 0.881. The summed E-state index contributed by atoms with van der Waals surface area (Å²) in [4.78, 5) is 15.8. The van der Waals surface area contributed by atoms with Crippen LogP contribution in [0.2, 0.25) is 0 Å². The van der Waals surface area contributed by atoms with Crippen molar-refractivity contribution in [2.45, 2.75) is 44.6 Å². The molecule has 20 heavy (non-hydrogen) atoms. The number of anilines is 1. The molecule has 0 bridgehead atoms. The van der Waals surface area contributed by atoms with E-state index in [1.807, 2.05) is 6.07 Å². The molecule has 0 unspecified atom stereocenters. The van der Waals surface area contributed by atoms with Gasteiger partial charge in [-0.2, -0.15) is 5.26 Å². The summed E-state index contributed by atoms with van der Waals surface area (Å²) in [7, 11) is 0. The van der Waals surface area contributed by atoms with Crippen molar-refractivity contribution in [2.75, 3.05) is 5.32 Å². The second-order valence-corrected chi connectivity index (χ2v) is 5.41. The Kier molecular flexibility index (Phi) is 4.23. The minimum atomic E-state index is -0.924. The summed E-state index contributed by atoms with van der Waals surface area (Å²) in [6.07, 6.45) is 5.63. The molecule has 0 aliphatic heterocycles. The van der Waals surface area contributed by atoms with Crippen LogP contribution >= 0.6 is 0 Å². The number of nitrogens with zero attached hydrogens (tertiary/aromatic N) is 2. The summed E-state index contributed by atoms with van der Waals surface area (Å²) in [5.41, 5.74) is -0.457. The van der Waals surface area contributed by atoms with Crippen molar-refractivity contribution in [1.29, 1.82) is 5.26 Å². The van der Waals surface area contributed by atoms with Crippen LogP contribution in [0.1, 0.15) is 44.6 Å². The van der Waals surface area contributed by atoms with Crippen LogP contribution in [0.25, 0.3) is 0 Å². The van der Waals surface area contributed by atoms with Gasteiger partial charge in [-0.15, -0.1) is 0 Å². The van der Waals surface area contributed by atoms with Gasteiger partial charge in [0, 0.05) is 6.20 Å². The van der Waals surface area contributed by atoms with Crippen LogP contribution in [-0.2, 0) is 4.79 Å². The first-order chi connectivity index (χ1) is 9.59. The number of hydrogen-bond acceptors (Lipinski definition) is 4. The Labute approximate surface area is 118 Å². The molecular weight excluding hydrogens is 254 g/mol. The number of aliphatic carboxylic acids is 1. The van der Waals surface area contributed by atoms with E-state index in [0.29, 0.717) is 30.1 Å². The number of nitriles is 1. The van der Waals surface area contributed by atoms with Gasteiger partial charge in [0.15, 0.2) is 0 Å². The zero-order valence-corrected chi connectivity index (χ0v) is 11.6. The topological polar surface area (TPSA) is 86.0 Å². The van der Waals surface area contributed by atoms with Crippen molar-refractivity contribution in [3.63, 3.8) is 0 Å². The average molecular weight is 273 g/mol. The third-order valence-corrected chi connectivity index (χ3v) is 4.21. The summed E-state index contributed by atoms with van der Waals surface area (Å²) in [5.74, 6) is 0.317. The Morgan fingerprint density at radius 3 is 2.70 bits per heavy atom. The third-order valence-electron chi connectivity index (χ3n) is 4.21. The normalized spacial score (nSPS) is 25.7. The number of nitrogens with one attached hydrogen (secondary N) is 1. The third kappa shape index (κ3) is 2.90. The lowest BCUT2D eigenvalue weighted by Gasteiger charge is -2.37. The molecule has 0 amide bonds. The highest BCUT2D eigenvalue weighted by atomic mass is 16.4. The van der Waals surface area contributed by atoms with E-state index in [4.69, 9.17) is 5.26 Å². The summed E-state index contributed by atoms with van der Waals surface area (Å²) < 4.78 is 0. The van der Waals surface area contributed by atoms with Crippen molar-refractivity contribution in [1.82, 2.24) is 4.98 Å². The largest absolute Gasteiger partial charge is 0.480 e. The number of aromatic nitrogens is 1. The number of carbonyl (C=O) groups is 1. The molecule has 1 aliphatic carbocycles. The first-order valence-corrected chi connectivity index (χ1v) is 6.97. The van der Waals surface area contributed by atoms with Crippen molar-refractivity contribution in [3.8, 4) is 6.07 Å². The molecule has 1 heterocycles. The Hall–Kier alpha value is -2.09. The summed E-state index contributed by atoms with van der Waals surface area (Å²) in [6, 6.07) is 5.30. The SMILES string of the molecule is CCC1CCC(Nc2ccc(C#N)cn2)(C(=O)O)CC1. The standard InChI is InChI=1S/C15H19N3O2/c1-2-11-5-7-15(8-6-11,14(19)20)18-13-4-3-12(9-16)10-17-13/h3-4,10-11H,2,5-8H2,1H3,(H,17,18)(H,19,20). The molecule has 2 rings (SSSR count). The van der Waals surface area contributed by atoms with Gasteiger partial charge >= 0.3 is 5.97 Å². The highest BCUT2D eigenvalue weighted by Crippen LogP contribution is 2.36. The van der Waals surface area contributed by atoms with Crippen molar-refractivity contribution in [3.05, 3.63) is 23.9 Å². The fourth-order valence-corrected chi connectivity index (χ4v) is 2.75. The fourth-order valence-electron chi connectivity index (χ4n) is 2.75. The highest BCUT2D eigenvalue weighted by Gasteiger charge is 2.41. The van der Waals surface area contributed by atoms with E-state index in [0.717, 1.165) is 19.3 Å². The Bertz CT molecular complexity index is 511. The minimum absolute atomic E-state index is 0.467. The monoisotopic (exact) mass is 273 g/mol. The highest BCUT2D eigenvalue weighted by molar-refractivity contribution is 5.82. The maximum Gasteiger partial charge on any atom is 0.329 e. The van der Waals surface area contributed by atoms with Crippen LogP contribution < -0.4 is 5.32 Å². The minimum Gasteiger partial charge on any atom is -0.480 e. The summed E-state index contributed by atoms with van der Waals surface area (Å²) in [5, 5.41) is 21.4. The van der Waals surface area contributed by atoms with E-state index in [1.54, 1.807) is 12.1 Å². The average Bonchev–Trinajstić information content (AvgIpc) is 2.48. The Morgan fingerprint density at radius 2 is 2.25 bits per heavy atom. The van der Waals surface area contributed by atoms with Crippen LogP contribution in [0.4, 0.5) is 5.82 Å². The second-order valence-electron chi connectivity index (χ2n) is 5.41. The molecule has 1 fully saturated rings. The van der Waals surface area contributed by atoms with Gasteiger partial charge in [-0.3, -0.25) is 0 Å². The second kappa shape index (κ2) is 5.91. The van der Waals surface area contributed by atoms with E-state index in [1.165, 1.54) is 6.20 Å². The number of carboxylic acids is 1. The number of hydrogen-bond donors (Lipinski definition) is 2. The molecule has 1 aromatic rings. The Morgan fingerprint density at radius 1 is 1.55 bits per heavy atom. The van der Waals surface area contributed by atoms with Crippen molar-refractivity contribution < 1.29 is 9.90 Å². The molecule has 0 aromatic carbocycles. The molecule has 1 saturated carbocycles. The summed E-state index contributed by atoms with van der Waals surface area (Å²) in [6.45, 7) is 2.15. The molecule has 0 spiro atoms. The molecule has 0 atom stereocenters. The van der Waals surface area contributed by atoms with Gasteiger partial charge in [-0.05, 0) is 43.7 Å². The molecule has 5 heteroatoms. The van der Waals surface area contributed by atoms with Gasteiger partial charge in [0.25, 0.3) is 0 Å². The predicted molar refractivity (Wildman–Crippen MR) is 75.2 cm³/mol. The fraction of sp³-hybridized carbons (Fsp3) is 0.533. The van der Waals surface area contributed by atoms with E-state index < -0.39 is 11.5 Å². The lowest BCUT2D eigenvalue weighted by molar-refractivity contribution is -0.143. The molecule has 1 aromatic heterocycles. The van der Waals surface area contributed by atoms with Crippen LogP contribution in [0.5, 0.6) is 0 Å². The maximum atomic E-state index is 11.7. The first kappa shape index (κ1) is 14.3. The van der Waals surface area contributed by atoms with E-state index in [9.17, 15) is 9.90 Å². The lowest BCUT2D eigenvalue weighted by Crippen LogP contribution is -2.49. The Balaban J connectivity index is 2.13. The molecule has 106 valence electrons. The molecule has 2 N–H and O–H groups in total. The van der Waals surface area contributed by atoms with Crippen LogP contribution in [0, 0.1) is 17.2 Å². The van der Waals surface area contributed by atoms with Gasteiger partial charge in [0.05, 0.1) is 5.56 Å². The first-order valence-electron chi connectivity index (χ1n) is 6.97. The molecule has 5 nitrogen and oxygen atoms in total. The zero-order valence-electron chi connectivity index (χ0n) is 11.6. The predicted octanol–water partition coefficient (Wildman–Crippen LogP) is 2.79.